The van der Waals surface area contributed by atoms with Gasteiger partial charge in [-0.3, -0.25) is 4.79 Å². The summed E-state index contributed by atoms with van der Waals surface area (Å²) in [6.45, 7) is 3.75. The first kappa shape index (κ1) is 10.9. The number of aromatic carboxylic acids is 1. The Morgan fingerprint density at radius 3 is 2.88 bits per heavy atom. The number of carboxylic acids is 1. The Kier molecular flexibility index (Phi) is 2.59. The number of carbonyl (C=O) groups excluding carboxylic acids is 1. The zero-order valence-corrected chi connectivity index (χ0v) is 9.63. The predicted octanol–water partition coefficient (Wildman–Crippen LogP) is 1.80. The first-order chi connectivity index (χ1) is 7.49. The summed E-state index contributed by atoms with van der Waals surface area (Å²) >= 11 is 1.00. The topological polar surface area (TPSA) is 75.6 Å². The van der Waals surface area contributed by atoms with Crippen LogP contribution in [0.25, 0.3) is 0 Å². The Balaban J connectivity index is 2.32. The van der Waals surface area contributed by atoms with Gasteiger partial charge in [0, 0.05) is 6.07 Å². The van der Waals surface area contributed by atoms with E-state index in [0.29, 0.717) is 10.8 Å². The monoisotopic (exact) mass is 241 g/mol. The van der Waals surface area contributed by atoms with Gasteiger partial charge in [-0.15, -0.1) is 11.3 Å². The third-order valence-electron chi connectivity index (χ3n) is 2.26. The average molecular weight is 241 g/mol. The smallest absolute Gasteiger partial charge is 0.346 e. The number of amides is 1. The molecule has 1 atom stereocenters. The van der Waals surface area contributed by atoms with Crippen LogP contribution in [0.5, 0.6) is 5.75 Å². The molecule has 1 aliphatic rings. The molecule has 0 saturated carbocycles. The number of rotatable bonds is 2. The van der Waals surface area contributed by atoms with Gasteiger partial charge in [0.15, 0.2) is 11.9 Å². The molecule has 0 radical (unpaired) electrons. The molecule has 86 valence electrons. The minimum Gasteiger partial charge on any atom is -0.477 e. The van der Waals surface area contributed by atoms with Crippen molar-refractivity contribution in [2.75, 3.05) is 5.32 Å². The molecule has 1 aromatic rings. The molecule has 1 unspecified atom stereocenters. The van der Waals surface area contributed by atoms with Gasteiger partial charge < -0.3 is 15.2 Å². The van der Waals surface area contributed by atoms with Gasteiger partial charge in [-0.1, -0.05) is 13.8 Å². The molecular weight excluding hydrogens is 230 g/mol. The van der Waals surface area contributed by atoms with Crippen molar-refractivity contribution in [2.24, 2.45) is 5.92 Å². The van der Waals surface area contributed by atoms with Crippen LogP contribution >= 0.6 is 11.3 Å². The highest BCUT2D eigenvalue weighted by Gasteiger charge is 2.32. The minimum absolute atomic E-state index is 0.0429. The van der Waals surface area contributed by atoms with Crippen molar-refractivity contribution in [3.05, 3.63) is 10.9 Å². The van der Waals surface area contributed by atoms with Gasteiger partial charge in [0.05, 0.1) is 0 Å². The minimum atomic E-state index is -1.02. The van der Waals surface area contributed by atoms with Gasteiger partial charge in [-0.25, -0.2) is 4.79 Å². The second-order valence-corrected chi connectivity index (χ2v) is 4.93. The molecule has 0 aromatic carbocycles. The van der Waals surface area contributed by atoms with E-state index in [9.17, 15) is 9.59 Å². The fourth-order valence-electron chi connectivity index (χ4n) is 1.47. The van der Waals surface area contributed by atoms with E-state index >= 15 is 0 Å². The summed E-state index contributed by atoms with van der Waals surface area (Å²) in [4.78, 5) is 22.5. The number of thiophene rings is 1. The highest BCUT2D eigenvalue weighted by atomic mass is 32.1. The molecule has 6 heteroatoms. The van der Waals surface area contributed by atoms with Crippen LogP contribution in [0.4, 0.5) is 5.00 Å². The van der Waals surface area contributed by atoms with E-state index in [1.165, 1.54) is 6.07 Å². The lowest BCUT2D eigenvalue weighted by molar-refractivity contribution is -0.125. The summed E-state index contributed by atoms with van der Waals surface area (Å²) in [6.07, 6.45) is -0.552. The number of anilines is 1. The van der Waals surface area contributed by atoms with Crippen LogP contribution in [0.1, 0.15) is 23.5 Å². The van der Waals surface area contributed by atoms with Crippen molar-refractivity contribution in [2.45, 2.75) is 20.0 Å². The Morgan fingerprint density at radius 1 is 1.62 bits per heavy atom. The lowest BCUT2D eigenvalue weighted by Gasteiger charge is -2.25. The Morgan fingerprint density at radius 2 is 2.31 bits per heavy atom. The molecular formula is C10H11NO4S. The zero-order valence-electron chi connectivity index (χ0n) is 8.81. The van der Waals surface area contributed by atoms with Crippen molar-refractivity contribution in [1.29, 1.82) is 0 Å². The van der Waals surface area contributed by atoms with E-state index in [1.807, 2.05) is 13.8 Å². The molecule has 0 fully saturated rings. The molecule has 0 saturated heterocycles. The van der Waals surface area contributed by atoms with Crippen LogP contribution in [0.3, 0.4) is 0 Å². The van der Waals surface area contributed by atoms with E-state index in [-0.39, 0.29) is 16.7 Å². The van der Waals surface area contributed by atoms with Crippen LogP contribution in [0.15, 0.2) is 6.07 Å². The predicted molar refractivity (Wildman–Crippen MR) is 59.2 cm³/mol. The van der Waals surface area contributed by atoms with E-state index in [1.54, 1.807) is 0 Å². The maximum atomic E-state index is 11.6. The van der Waals surface area contributed by atoms with E-state index in [0.717, 1.165) is 11.3 Å². The Bertz CT molecular complexity index is 452. The van der Waals surface area contributed by atoms with Gasteiger partial charge in [-0.05, 0) is 5.92 Å². The lowest BCUT2D eigenvalue weighted by atomic mass is 10.1. The first-order valence-corrected chi connectivity index (χ1v) is 5.65. The van der Waals surface area contributed by atoms with Crippen molar-refractivity contribution in [1.82, 2.24) is 0 Å². The second kappa shape index (κ2) is 3.79. The number of fused-ring (bicyclic) bond motifs is 1. The van der Waals surface area contributed by atoms with Gasteiger partial charge in [0.1, 0.15) is 9.88 Å². The molecule has 2 N–H and O–H groups in total. The number of nitrogens with one attached hydrogen (secondary N) is 1. The van der Waals surface area contributed by atoms with Crippen LogP contribution in [0, 0.1) is 5.92 Å². The lowest BCUT2D eigenvalue weighted by Crippen LogP contribution is -2.40. The van der Waals surface area contributed by atoms with Crippen molar-refractivity contribution < 1.29 is 19.4 Å². The maximum Gasteiger partial charge on any atom is 0.346 e. The summed E-state index contributed by atoms with van der Waals surface area (Å²) in [5, 5.41) is 11.9. The third-order valence-corrected chi connectivity index (χ3v) is 3.28. The summed E-state index contributed by atoms with van der Waals surface area (Å²) in [7, 11) is 0. The average Bonchev–Trinajstić information content (AvgIpc) is 2.58. The molecule has 2 heterocycles. The van der Waals surface area contributed by atoms with Crippen LogP contribution in [0.2, 0.25) is 0 Å². The molecule has 0 aliphatic carbocycles. The summed E-state index contributed by atoms with van der Waals surface area (Å²) in [6, 6.07) is 1.44. The number of carbonyl (C=O) groups is 2. The largest absolute Gasteiger partial charge is 0.477 e. The van der Waals surface area contributed by atoms with Crippen molar-refractivity contribution in [3.63, 3.8) is 0 Å². The van der Waals surface area contributed by atoms with Gasteiger partial charge in [0.2, 0.25) is 0 Å². The van der Waals surface area contributed by atoms with E-state index < -0.39 is 12.1 Å². The normalized spacial score (nSPS) is 18.9. The first-order valence-electron chi connectivity index (χ1n) is 4.83. The fourth-order valence-corrected chi connectivity index (χ4v) is 2.30. The SMILES string of the molecule is CC(C)C1Oc2cc(C(=O)O)sc2NC1=O. The summed E-state index contributed by atoms with van der Waals surface area (Å²) in [5.41, 5.74) is 0. The summed E-state index contributed by atoms with van der Waals surface area (Å²) < 4.78 is 5.47. The Labute approximate surface area is 96.0 Å². The second-order valence-electron chi connectivity index (χ2n) is 3.88. The van der Waals surface area contributed by atoms with Gasteiger partial charge >= 0.3 is 5.97 Å². The molecule has 2 rings (SSSR count). The number of hydrogen-bond donors (Lipinski definition) is 2. The Hall–Kier alpha value is -1.56. The van der Waals surface area contributed by atoms with Gasteiger partial charge in [0.25, 0.3) is 5.91 Å². The summed E-state index contributed by atoms with van der Waals surface area (Å²) in [5.74, 6) is -0.748. The van der Waals surface area contributed by atoms with Crippen LogP contribution in [-0.4, -0.2) is 23.1 Å². The molecule has 1 aliphatic heterocycles. The highest BCUT2D eigenvalue weighted by Crippen LogP contribution is 2.39. The van der Waals surface area contributed by atoms with E-state index in [2.05, 4.69) is 5.32 Å². The fraction of sp³-hybridized carbons (Fsp3) is 0.400. The molecule has 0 bridgehead atoms. The quantitative estimate of drug-likeness (QED) is 0.827. The molecule has 0 spiro atoms. The molecule has 5 nitrogen and oxygen atoms in total. The van der Waals surface area contributed by atoms with E-state index in [4.69, 9.17) is 9.84 Å². The van der Waals surface area contributed by atoms with Crippen molar-refractivity contribution >= 4 is 28.2 Å². The molecule has 16 heavy (non-hydrogen) atoms. The standard InChI is InChI=1S/C10H11NO4S/c1-4(2)7-8(12)11-9-5(15-7)3-6(16-9)10(13)14/h3-4,7H,1-2H3,(H,11,12)(H,13,14). The molecule has 1 aromatic heterocycles. The number of carboxylic acid groups (broad SMARTS) is 1. The zero-order chi connectivity index (χ0) is 11.9. The molecule has 1 amide bonds. The van der Waals surface area contributed by atoms with Gasteiger partial charge in [-0.2, -0.15) is 0 Å². The number of ether oxygens (including phenoxy) is 1. The number of hydrogen-bond acceptors (Lipinski definition) is 4. The van der Waals surface area contributed by atoms with Crippen LogP contribution < -0.4 is 10.1 Å². The maximum absolute atomic E-state index is 11.6. The third kappa shape index (κ3) is 1.76. The van der Waals surface area contributed by atoms with Crippen LogP contribution in [-0.2, 0) is 4.79 Å². The van der Waals surface area contributed by atoms with Crippen molar-refractivity contribution in [3.8, 4) is 5.75 Å². The highest BCUT2D eigenvalue weighted by molar-refractivity contribution is 7.18.